The Morgan fingerprint density at radius 2 is 1.96 bits per heavy atom. The fraction of sp³-hybridized carbons (Fsp3) is 0.188. The third kappa shape index (κ3) is 3.46. The smallest absolute Gasteiger partial charge is 0.319 e. The summed E-state index contributed by atoms with van der Waals surface area (Å²) in [5.41, 5.74) is 1.36. The van der Waals surface area contributed by atoms with E-state index in [1.165, 1.54) is 0 Å². The molecule has 0 unspecified atom stereocenters. The number of rotatable bonds is 3. The highest BCUT2D eigenvalue weighted by molar-refractivity contribution is 6.43. The molecular formula is C16H14Cl2N2O3. The van der Waals surface area contributed by atoms with E-state index in [4.69, 9.17) is 32.7 Å². The van der Waals surface area contributed by atoms with Crippen LogP contribution in [0, 0.1) is 0 Å². The van der Waals surface area contributed by atoms with E-state index in [0.29, 0.717) is 27.2 Å². The van der Waals surface area contributed by atoms with Gasteiger partial charge in [0.1, 0.15) is 0 Å². The summed E-state index contributed by atoms with van der Waals surface area (Å²) in [7, 11) is 0. The molecule has 2 aromatic carbocycles. The van der Waals surface area contributed by atoms with Crippen LogP contribution in [0.2, 0.25) is 10.0 Å². The van der Waals surface area contributed by atoms with Crippen molar-refractivity contribution in [3.8, 4) is 11.5 Å². The van der Waals surface area contributed by atoms with Crippen molar-refractivity contribution in [2.45, 2.75) is 13.0 Å². The number of urea groups is 1. The second-order valence-corrected chi connectivity index (χ2v) is 5.82. The summed E-state index contributed by atoms with van der Waals surface area (Å²) in [5, 5.41) is 6.20. The fourth-order valence-electron chi connectivity index (χ4n) is 2.22. The van der Waals surface area contributed by atoms with E-state index >= 15 is 0 Å². The number of carbonyl (C=O) groups is 1. The van der Waals surface area contributed by atoms with Gasteiger partial charge in [-0.25, -0.2) is 4.79 Å². The fourth-order valence-corrected chi connectivity index (χ4v) is 2.57. The Labute approximate surface area is 143 Å². The first kappa shape index (κ1) is 15.8. The van der Waals surface area contributed by atoms with Gasteiger partial charge in [0.15, 0.2) is 11.5 Å². The zero-order valence-electron chi connectivity index (χ0n) is 12.2. The molecule has 3 rings (SSSR count). The Balaban J connectivity index is 1.66. The molecule has 0 spiro atoms. The van der Waals surface area contributed by atoms with Crippen LogP contribution in [0.25, 0.3) is 0 Å². The van der Waals surface area contributed by atoms with Crippen LogP contribution >= 0.6 is 23.2 Å². The molecule has 1 aliphatic rings. The number of halogens is 2. The first-order chi connectivity index (χ1) is 11.0. The Kier molecular flexibility index (Phi) is 4.50. The number of nitrogens with one attached hydrogen (secondary N) is 2. The average Bonchev–Trinajstić information content (AvgIpc) is 2.99. The summed E-state index contributed by atoms with van der Waals surface area (Å²) in [5.74, 6) is 1.38. The van der Waals surface area contributed by atoms with Crippen molar-refractivity contribution in [3.63, 3.8) is 0 Å². The molecule has 1 atom stereocenters. The van der Waals surface area contributed by atoms with Gasteiger partial charge in [-0.1, -0.05) is 35.3 Å². The van der Waals surface area contributed by atoms with Crippen molar-refractivity contribution in [2.75, 3.05) is 12.1 Å². The van der Waals surface area contributed by atoms with E-state index in [0.717, 1.165) is 5.56 Å². The third-order valence-corrected chi connectivity index (χ3v) is 4.26. The van der Waals surface area contributed by atoms with Crippen LogP contribution in [0.15, 0.2) is 36.4 Å². The van der Waals surface area contributed by atoms with Gasteiger partial charge in [0.2, 0.25) is 6.79 Å². The molecule has 0 radical (unpaired) electrons. The molecule has 0 aliphatic carbocycles. The van der Waals surface area contributed by atoms with Crippen molar-refractivity contribution in [3.05, 3.63) is 52.0 Å². The standard InChI is InChI=1S/C16H14Cl2N2O3/c1-9(10-5-6-13-14(7-10)23-8-22-13)19-16(21)20-12-4-2-3-11(17)15(12)18/h2-7,9H,8H2,1H3,(H2,19,20,21)/t9-/m1/s1. The lowest BCUT2D eigenvalue weighted by Gasteiger charge is -2.16. The zero-order chi connectivity index (χ0) is 16.4. The topological polar surface area (TPSA) is 59.6 Å². The molecule has 0 saturated carbocycles. The van der Waals surface area contributed by atoms with E-state index in [9.17, 15) is 4.79 Å². The van der Waals surface area contributed by atoms with Gasteiger partial charge in [0, 0.05) is 0 Å². The third-order valence-electron chi connectivity index (χ3n) is 3.44. The van der Waals surface area contributed by atoms with Crippen molar-refractivity contribution >= 4 is 34.9 Å². The van der Waals surface area contributed by atoms with Crippen LogP contribution in [-0.2, 0) is 0 Å². The molecule has 2 amide bonds. The predicted molar refractivity (Wildman–Crippen MR) is 89.6 cm³/mol. The predicted octanol–water partition coefficient (Wildman–Crippen LogP) is 4.60. The van der Waals surface area contributed by atoms with Crippen molar-refractivity contribution < 1.29 is 14.3 Å². The van der Waals surface area contributed by atoms with Crippen molar-refractivity contribution in [2.24, 2.45) is 0 Å². The highest BCUT2D eigenvalue weighted by Crippen LogP contribution is 2.34. The number of hydrogen-bond acceptors (Lipinski definition) is 3. The Morgan fingerprint density at radius 1 is 1.17 bits per heavy atom. The highest BCUT2D eigenvalue weighted by Gasteiger charge is 2.17. The number of fused-ring (bicyclic) bond motifs is 1. The van der Waals surface area contributed by atoms with Crippen LogP contribution < -0.4 is 20.1 Å². The molecule has 0 saturated heterocycles. The van der Waals surface area contributed by atoms with Gasteiger partial charge in [0.05, 0.1) is 21.8 Å². The molecule has 7 heteroatoms. The molecule has 1 aliphatic heterocycles. The van der Waals surface area contributed by atoms with Crippen LogP contribution in [-0.4, -0.2) is 12.8 Å². The molecular weight excluding hydrogens is 339 g/mol. The van der Waals surface area contributed by atoms with Gasteiger partial charge >= 0.3 is 6.03 Å². The van der Waals surface area contributed by atoms with Gasteiger partial charge < -0.3 is 20.1 Å². The SMILES string of the molecule is C[C@@H](NC(=O)Nc1cccc(Cl)c1Cl)c1ccc2c(c1)OCO2. The van der Waals surface area contributed by atoms with Crippen LogP contribution in [0.3, 0.4) is 0 Å². The Morgan fingerprint density at radius 3 is 2.78 bits per heavy atom. The van der Waals surface area contributed by atoms with Gasteiger partial charge in [0.25, 0.3) is 0 Å². The first-order valence-electron chi connectivity index (χ1n) is 6.95. The maximum Gasteiger partial charge on any atom is 0.319 e. The number of carbonyl (C=O) groups excluding carboxylic acids is 1. The van der Waals surface area contributed by atoms with Crippen molar-refractivity contribution in [1.29, 1.82) is 0 Å². The summed E-state index contributed by atoms with van der Waals surface area (Å²) < 4.78 is 10.6. The number of benzene rings is 2. The maximum absolute atomic E-state index is 12.1. The molecule has 0 aromatic heterocycles. The summed E-state index contributed by atoms with van der Waals surface area (Å²) in [6, 6.07) is 10.0. The molecule has 120 valence electrons. The molecule has 2 N–H and O–H groups in total. The normalized spacial score (nSPS) is 13.5. The Hall–Kier alpha value is -2.11. The van der Waals surface area contributed by atoms with Crippen LogP contribution in [0.4, 0.5) is 10.5 Å². The lowest BCUT2D eigenvalue weighted by molar-refractivity contribution is 0.174. The molecule has 0 bridgehead atoms. The first-order valence-corrected chi connectivity index (χ1v) is 7.71. The van der Waals surface area contributed by atoms with Gasteiger partial charge in [-0.05, 0) is 36.8 Å². The summed E-state index contributed by atoms with van der Waals surface area (Å²) in [6.45, 7) is 2.09. The number of hydrogen-bond donors (Lipinski definition) is 2. The summed E-state index contributed by atoms with van der Waals surface area (Å²) >= 11 is 12.0. The Bertz CT molecular complexity index is 752. The van der Waals surface area contributed by atoms with Crippen molar-refractivity contribution in [1.82, 2.24) is 5.32 Å². The number of anilines is 1. The molecule has 1 heterocycles. The molecule has 2 aromatic rings. The minimum absolute atomic E-state index is 0.217. The van der Waals surface area contributed by atoms with E-state index in [2.05, 4.69) is 10.6 Å². The average molecular weight is 353 g/mol. The number of ether oxygens (including phenoxy) is 2. The quantitative estimate of drug-likeness (QED) is 0.848. The lowest BCUT2D eigenvalue weighted by atomic mass is 10.1. The second-order valence-electron chi connectivity index (χ2n) is 5.03. The summed E-state index contributed by atoms with van der Waals surface area (Å²) in [6.07, 6.45) is 0. The van der Waals surface area contributed by atoms with Gasteiger partial charge in [-0.3, -0.25) is 0 Å². The minimum atomic E-state index is -0.376. The molecule has 5 nitrogen and oxygen atoms in total. The minimum Gasteiger partial charge on any atom is -0.454 e. The van der Waals surface area contributed by atoms with E-state index in [1.54, 1.807) is 18.2 Å². The number of amides is 2. The van der Waals surface area contributed by atoms with E-state index in [1.807, 2.05) is 25.1 Å². The monoisotopic (exact) mass is 352 g/mol. The van der Waals surface area contributed by atoms with E-state index in [-0.39, 0.29) is 18.9 Å². The van der Waals surface area contributed by atoms with Crippen LogP contribution in [0.1, 0.15) is 18.5 Å². The maximum atomic E-state index is 12.1. The molecule has 0 fully saturated rings. The van der Waals surface area contributed by atoms with Gasteiger partial charge in [-0.15, -0.1) is 0 Å². The second kappa shape index (κ2) is 6.56. The van der Waals surface area contributed by atoms with Gasteiger partial charge in [-0.2, -0.15) is 0 Å². The van der Waals surface area contributed by atoms with E-state index < -0.39 is 0 Å². The molecule has 23 heavy (non-hydrogen) atoms. The highest BCUT2D eigenvalue weighted by atomic mass is 35.5. The largest absolute Gasteiger partial charge is 0.454 e. The lowest BCUT2D eigenvalue weighted by Crippen LogP contribution is -2.31. The van der Waals surface area contributed by atoms with Crippen LogP contribution in [0.5, 0.6) is 11.5 Å². The summed E-state index contributed by atoms with van der Waals surface area (Å²) in [4.78, 5) is 12.1. The zero-order valence-corrected chi connectivity index (χ0v) is 13.7.